The van der Waals surface area contributed by atoms with Crippen molar-refractivity contribution >= 4 is 35.0 Å². The van der Waals surface area contributed by atoms with Crippen LogP contribution >= 0.6 is 0 Å². The van der Waals surface area contributed by atoms with Crippen LogP contribution in [0.15, 0.2) is 60.7 Å². The van der Waals surface area contributed by atoms with E-state index in [0.29, 0.717) is 22.9 Å². The number of aliphatic hydroxyl groups is 1. The Kier molecular flexibility index (Phi) is 9.04. The number of halogens is 1. The van der Waals surface area contributed by atoms with Gasteiger partial charge in [-0.15, -0.1) is 0 Å². The first-order valence-corrected chi connectivity index (χ1v) is 14.1. The quantitative estimate of drug-likeness (QED) is 0.308. The van der Waals surface area contributed by atoms with Crippen molar-refractivity contribution in [1.82, 2.24) is 9.80 Å². The number of carbonyl (C=O) groups excluding carboxylic acids is 3. The molecule has 0 unspecified atom stereocenters. The maximum Gasteiger partial charge on any atom is 0.323 e. The Hall–Kier alpha value is -5.04. The second-order valence-corrected chi connectivity index (χ2v) is 10.8. The molecule has 0 saturated carbocycles. The fourth-order valence-corrected chi connectivity index (χ4v) is 4.92. The number of aliphatic hydroxyl groups excluding tert-OH is 1. The smallest absolute Gasteiger partial charge is 0.323 e. The van der Waals surface area contributed by atoms with E-state index in [2.05, 4.69) is 16.0 Å². The SMILES string of the molecule is C[C@@H]1CN([C@H](C)CO)C(=O)c2cccc(NC(=O)Nc3ccc(F)cc3)c2O[C@@H]1CN(C)C(=O)Nc1ccc2c(c1)OCO2. The number of amides is 5. The van der Waals surface area contributed by atoms with Crippen LogP contribution in [0.3, 0.4) is 0 Å². The first-order chi connectivity index (χ1) is 21.1. The Morgan fingerprint density at radius 2 is 1.77 bits per heavy atom. The average Bonchev–Trinajstić information content (AvgIpc) is 3.48. The molecule has 3 aromatic carbocycles. The Bertz CT molecular complexity index is 1540. The van der Waals surface area contributed by atoms with Crippen molar-refractivity contribution in [2.75, 3.05) is 49.5 Å². The normalized spacial score (nSPS) is 17.8. The molecule has 0 fully saturated rings. The summed E-state index contributed by atoms with van der Waals surface area (Å²) in [7, 11) is 1.62. The molecule has 13 heteroatoms. The van der Waals surface area contributed by atoms with Crippen LogP contribution < -0.4 is 30.2 Å². The van der Waals surface area contributed by atoms with E-state index in [1.165, 1.54) is 29.2 Å². The lowest BCUT2D eigenvalue weighted by Gasteiger charge is -2.38. The van der Waals surface area contributed by atoms with Gasteiger partial charge in [0, 0.05) is 37.0 Å². The van der Waals surface area contributed by atoms with Gasteiger partial charge in [0.25, 0.3) is 5.91 Å². The zero-order valence-corrected chi connectivity index (χ0v) is 24.5. The summed E-state index contributed by atoms with van der Waals surface area (Å²) in [5.41, 5.74) is 1.30. The van der Waals surface area contributed by atoms with Crippen molar-refractivity contribution in [3.8, 4) is 17.2 Å². The van der Waals surface area contributed by atoms with Gasteiger partial charge in [0.05, 0.1) is 30.4 Å². The minimum Gasteiger partial charge on any atom is -0.485 e. The number of urea groups is 2. The third-order valence-corrected chi connectivity index (χ3v) is 7.47. The molecule has 3 atom stereocenters. The third-order valence-electron chi connectivity index (χ3n) is 7.47. The van der Waals surface area contributed by atoms with Crippen molar-refractivity contribution in [1.29, 1.82) is 0 Å². The summed E-state index contributed by atoms with van der Waals surface area (Å²) < 4.78 is 30.5. The highest BCUT2D eigenvalue weighted by atomic mass is 19.1. The molecular weight excluding hydrogens is 573 g/mol. The summed E-state index contributed by atoms with van der Waals surface area (Å²) in [5, 5.41) is 18.1. The predicted molar refractivity (Wildman–Crippen MR) is 161 cm³/mol. The first kappa shape index (κ1) is 30.4. The highest BCUT2D eigenvalue weighted by Crippen LogP contribution is 2.36. The molecule has 232 valence electrons. The van der Waals surface area contributed by atoms with Gasteiger partial charge < -0.3 is 45.1 Å². The molecule has 0 aliphatic carbocycles. The van der Waals surface area contributed by atoms with E-state index in [4.69, 9.17) is 14.2 Å². The molecule has 0 aromatic heterocycles. The van der Waals surface area contributed by atoms with Crippen LogP contribution in [0.4, 0.5) is 31.0 Å². The van der Waals surface area contributed by atoms with Gasteiger partial charge in [-0.05, 0) is 55.5 Å². The van der Waals surface area contributed by atoms with Gasteiger partial charge in [-0.25, -0.2) is 14.0 Å². The largest absolute Gasteiger partial charge is 0.485 e. The zero-order chi connectivity index (χ0) is 31.4. The molecule has 2 aliphatic heterocycles. The Balaban J connectivity index is 1.38. The number of carbonyl (C=O) groups is 3. The van der Waals surface area contributed by atoms with Crippen molar-refractivity contribution < 1.29 is 38.1 Å². The van der Waals surface area contributed by atoms with Gasteiger partial charge in [0.1, 0.15) is 11.9 Å². The summed E-state index contributed by atoms with van der Waals surface area (Å²) in [6.45, 7) is 3.87. The Morgan fingerprint density at radius 1 is 1.05 bits per heavy atom. The van der Waals surface area contributed by atoms with E-state index in [9.17, 15) is 23.9 Å². The second kappa shape index (κ2) is 13.1. The molecule has 0 radical (unpaired) electrons. The lowest BCUT2D eigenvalue weighted by Crippen LogP contribution is -2.50. The summed E-state index contributed by atoms with van der Waals surface area (Å²) in [6.07, 6.45) is -0.620. The van der Waals surface area contributed by atoms with Crippen LogP contribution in [0, 0.1) is 11.7 Å². The molecule has 2 aliphatic rings. The van der Waals surface area contributed by atoms with Crippen LogP contribution in [-0.4, -0.2) is 78.6 Å². The van der Waals surface area contributed by atoms with Gasteiger partial charge in [-0.2, -0.15) is 0 Å². The van der Waals surface area contributed by atoms with Crippen molar-refractivity contribution in [2.45, 2.75) is 26.0 Å². The van der Waals surface area contributed by atoms with Crippen LogP contribution in [0.2, 0.25) is 0 Å². The van der Waals surface area contributed by atoms with Crippen LogP contribution in [0.5, 0.6) is 17.2 Å². The number of benzene rings is 3. The van der Waals surface area contributed by atoms with Gasteiger partial charge in [-0.1, -0.05) is 13.0 Å². The number of rotatable bonds is 7. The van der Waals surface area contributed by atoms with E-state index in [0.717, 1.165) is 0 Å². The molecule has 5 amide bonds. The average molecular weight is 608 g/mol. The predicted octanol–water partition coefficient (Wildman–Crippen LogP) is 4.58. The Labute approximate surface area is 253 Å². The fourth-order valence-electron chi connectivity index (χ4n) is 4.92. The highest BCUT2D eigenvalue weighted by Gasteiger charge is 2.35. The summed E-state index contributed by atoms with van der Waals surface area (Å²) >= 11 is 0. The molecule has 44 heavy (non-hydrogen) atoms. The maximum absolute atomic E-state index is 13.7. The van der Waals surface area contributed by atoms with Crippen LogP contribution in [0.25, 0.3) is 0 Å². The second-order valence-electron chi connectivity index (χ2n) is 10.8. The maximum atomic E-state index is 13.7. The van der Waals surface area contributed by atoms with Gasteiger partial charge >= 0.3 is 12.1 Å². The molecule has 4 N–H and O–H groups in total. The number of hydrogen-bond acceptors (Lipinski definition) is 7. The fraction of sp³-hybridized carbons (Fsp3) is 0.323. The summed E-state index contributed by atoms with van der Waals surface area (Å²) in [5.74, 6) is 0.155. The van der Waals surface area contributed by atoms with Gasteiger partial charge in [0.2, 0.25) is 6.79 Å². The van der Waals surface area contributed by atoms with Crippen molar-refractivity contribution in [3.63, 3.8) is 0 Å². The lowest BCUT2D eigenvalue weighted by atomic mass is 9.99. The third kappa shape index (κ3) is 6.78. The number of nitrogens with zero attached hydrogens (tertiary/aromatic N) is 2. The van der Waals surface area contributed by atoms with E-state index in [1.54, 1.807) is 55.3 Å². The minimum atomic E-state index is -0.631. The van der Waals surface area contributed by atoms with E-state index in [-0.39, 0.29) is 55.3 Å². The first-order valence-electron chi connectivity index (χ1n) is 14.1. The lowest BCUT2D eigenvalue weighted by molar-refractivity contribution is 0.0373. The number of ether oxygens (including phenoxy) is 3. The van der Waals surface area contributed by atoms with Gasteiger partial charge in [-0.3, -0.25) is 4.79 Å². The molecule has 5 rings (SSSR count). The number of anilines is 3. The number of nitrogens with one attached hydrogen (secondary N) is 3. The molecule has 0 bridgehead atoms. The van der Waals surface area contributed by atoms with Crippen molar-refractivity contribution in [2.24, 2.45) is 5.92 Å². The molecule has 2 heterocycles. The molecule has 12 nitrogen and oxygen atoms in total. The number of likely N-dealkylation sites (N-methyl/N-ethyl adjacent to an activating group) is 1. The van der Waals surface area contributed by atoms with E-state index < -0.39 is 30.0 Å². The standard InChI is InChI=1S/C31H34FN5O7/c1-18-14-37(19(2)16-38)29(39)23-5-4-6-24(35-30(40)33-21-9-7-20(32)8-10-21)28(23)44-27(18)15-36(3)31(41)34-22-11-12-25-26(13-22)43-17-42-25/h4-13,18-19,27,38H,14-17H2,1-3H3,(H,34,41)(H2,33,35,40)/t18-,19-,27-/m1/s1. The summed E-state index contributed by atoms with van der Waals surface area (Å²) in [6, 6.07) is 13.6. The van der Waals surface area contributed by atoms with Crippen LogP contribution in [-0.2, 0) is 0 Å². The molecule has 3 aromatic rings. The monoisotopic (exact) mass is 607 g/mol. The molecule has 0 spiro atoms. The minimum absolute atomic E-state index is 0.115. The number of para-hydroxylation sites is 1. The number of hydrogen-bond donors (Lipinski definition) is 4. The van der Waals surface area contributed by atoms with E-state index >= 15 is 0 Å². The van der Waals surface area contributed by atoms with E-state index in [1.807, 2.05) is 6.92 Å². The van der Waals surface area contributed by atoms with Crippen LogP contribution in [0.1, 0.15) is 24.2 Å². The number of fused-ring (bicyclic) bond motifs is 2. The summed E-state index contributed by atoms with van der Waals surface area (Å²) in [4.78, 5) is 42.8. The molecular formula is C31H34FN5O7. The Morgan fingerprint density at radius 3 is 2.52 bits per heavy atom. The molecule has 0 saturated heterocycles. The van der Waals surface area contributed by atoms with Gasteiger partial charge in [0.15, 0.2) is 17.2 Å². The van der Waals surface area contributed by atoms with Crippen molar-refractivity contribution in [3.05, 3.63) is 72.0 Å². The highest BCUT2D eigenvalue weighted by molar-refractivity contribution is 6.04. The topological polar surface area (TPSA) is 142 Å². The zero-order valence-electron chi connectivity index (χ0n) is 24.5.